The summed E-state index contributed by atoms with van der Waals surface area (Å²) in [6, 6.07) is 16.1. The van der Waals surface area contributed by atoms with E-state index in [0.29, 0.717) is 40.7 Å². The van der Waals surface area contributed by atoms with Crippen LogP contribution in [-0.4, -0.2) is 5.84 Å². The van der Waals surface area contributed by atoms with Crippen molar-refractivity contribution in [2.75, 3.05) is 0 Å². The molecule has 45 heavy (non-hydrogen) atoms. The quantitative estimate of drug-likeness (QED) is 0.0872. The molecule has 0 atom stereocenters. The molecule has 0 aliphatic heterocycles. The number of allylic oxidation sites excluding steroid dienone is 3. The Morgan fingerprint density at radius 2 is 1.44 bits per heavy atom. The molecule has 0 bridgehead atoms. The average molecular weight is 618 g/mol. The Balaban J connectivity index is 0.000000266. The predicted molar refractivity (Wildman–Crippen MR) is 180 cm³/mol. The van der Waals surface area contributed by atoms with E-state index in [0.717, 1.165) is 11.1 Å². The first-order valence-electron chi connectivity index (χ1n) is 15.4. The molecule has 3 aromatic rings. The molecule has 5 nitrogen and oxygen atoms in total. The molecule has 0 radical (unpaired) electrons. The van der Waals surface area contributed by atoms with E-state index in [1.165, 1.54) is 62.8 Å². The summed E-state index contributed by atoms with van der Waals surface area (Å²) in [5, 5.41) is 10.4. The standard InChI is InChI=1S/C19H18F2.C12H16FN5.C6H12/c1-4-14-8-7-11-18(21)19(14)13(3)17(5-2)15-9-6-10-16(20)12-15;1-2-8-4-3-7(6-10(8)13)5-9(11(14)15)12(16)18-17;1-2-4-6-5-3-1/h5-12H,3-4H2,1-2H3;3-4,6,16-17H,2,5,14-15H2,1H3;1-6H2/b17-5+;;. The van der Waals surface area contributed by atoms with Crippen molar-refractivity contribution in [3.8, 4) is 0 Å². The molecule has 0 spiro atoms. The summed E-state index contributed by atoms with van der Waals surface area (Å²) < 4.78 is 41.2. The van der Waals surface area contributed by atoms with E-state index in [1.54, 1.807) is 30.3 Å². The van der Waals surface area contributed by atoms with Gasteiger partial charge in [-0.3, -0.25) is 5.41 Å². The monoisotopic (exact) mass is 617 g/mol. The first-order valence-corrected chi connectivity index (χ1v) is 15.4. The summed E-state index contributed by atoms with van der Waals surface area (Å²) >= 11 is 0. The molecule has 6 N–H and O–H groups in total. The van der Waals surface area contributed by atoms with Crippen molar-refractivity contribution < 1.29 is 13.2 Å². The Bertz CT molecular complexity index is 1500. The number of amidine groups is 1. The van der Waals surface area contributed by atoms with E-state index in [-0.39, 0.29) is 41.1 Å². The maximum Gasteiger partial charge on any atom is 0.173 e. The number of hydrogen-bond acceptors (Lipinski definition) is 4. The maximum atomic E-state index is 14.2. The van der Waals surface area contributed by atoms with Crippen LogP contribution in [0.4, 0.5) is 13.2 Å². The molecule has 0 saturated heterocycles. The zero-order chi connectivity index (χ0) is 33.4. The van der Waals surface area contributed by atoms with Gasteiger partial charge in [-0.2, -0.15) is 0 Å². The van der Waals surface area contributed by atoms with Gasteiger partial charge in [0.2, 0.25) is 0 Å². The van der Waals surface area contributed by atoms with Crippen molar-refractivity contribution in [2.45, 2.75) is 78.6 Å². The number of hydrogen-bond donors (Lipinski definition) is 4. The van der Waals surface area contributed by atoms with Crippen LogP contribution < -0.4 is 11.5 Å². The van der Waals surface area contributed by atoms with Gasteiger partial charge in [0, 0.05) is 17.6 Å². The van der Waals surface area contributed by atoms with Gasteiger partial charge in [0.1, 0.15) is 23.3 Å². The Morgan fingerprint density at radius 1 is 0.844 bits per heavy atom. The van der Waals surface area contributed by atoms with Gasteiger partial charge in [0.25, 0.3) is 0 Å². The van der Waals surface area contributed by atoms with Gasteiger partial charge in [0.05, 0.1) is 0 Å². The van der Waals surface area contributed by atoms with E-state index in [9.17, 15) is 13.2 Å². The van der Waals surface area contributed by atoms with Crippen LogP contribution in [0.3, 0.4) is 0 Å². The molecule has 1 aliphatic carbocycles. The van der Waals surface area contributed by atoms with Gasteiger partial charge >= 0.3 is 0 Å². The first-order chi connectivity index (χ1) is 21.6. The minimum Gasteiger partial charge on any atom is -0.385 e. The van der Waals surface area contributed by atoms with Gasteiger partial charge in [-0.1, -0.05) is 101 Å². The fourth-order valence-corrected chi connectivity index (χ4v) is 5.15. The summed E-state index contributed by atoms with van der Waals surface area (Å²) in [6.45, 7) is 9.73. The van der Waals surface area contributed by atoms with Crippen molar-refractivity contribution in [1.82, 2.24) is 0 Å². The lowest BCUT2D eigenvalue weighted by molar-refractivity contribution is 0.504. The second kappa shape index (κ2) is 19.0. The number of nitrogens with one attached hydrogen (secondary N) is 2. The first kappa shape index (κ1) is 36.7. The number of nitrogens with zero attached hydrogens (tertiary/aromatic N) is 1. The summed E-state index contributed by atoms with van der Waals surface area (Å²) in [4.78, 5) is 0. The highest BCUT2D eigenvalue weighted by Crippen LogP contribution is 2.33. The molecule has 240 valence electrons. The second-order valence-electron chi connectivity index (χ2n) is 10.8. The third-order valence-corrected chi connectivity index (χ3v) is 7.66. The lowest BCUT2D eigenvalue weighted by Crippen LogP contribution is -2.17. The van der Waals surface area contributed by atoms with E-state index in [2.05, 4.69) is 11.7 Å². The Morgan fingerprint density at radius 3 is 1.93 bits per heavy atom. The summed E-state index contributed by atoms with van der Waals surface area (Å²) in [5.41, 5.74) is 22.6. The van der Waals surface area contributed by atoms with Gasteiger partial charge in [-0.05, 0) is 77.4 Å². The number of rotatable bonds is 8. The van der Waals surface area contributed by atoms with Crippen molar-refractivity contribution in [3.05, 3.63) is 130 Å². The normalized spacial score (nSPS) is 12.5. The topological polar surface area (TPSA) is 112 Å². The summed E-state index contributed by atoms with van der Waals surface area (Å²) in [6.07, 6.45) is 12.4. The lowest BCUT2D eigenvalue weighted by Gasteiger charge is -2.15. The number of nitrogens with two attached hydrogens (primary N) is 2. The van der Waals surface area contributed by atoms with Crippen molar-refractivity contribution in [1.29, 1.82) is 10.9 Å². The number of aryl methyl sites for hydroxylation is 2. The zero-order valence-electron chi connectivity index (χ0n) is 26.7. The Hall–Kier alpha value is -4.46. The van der Waals surface area contributed by atoms with Crippen LogP contribution in [0.2, 0.25) is 0 Å². The van der Waals surface area contributed by atoms with Crippen LogP contribution in [-0.2, 0) is 19.3 Å². The highest BCUT2D eigenvalue weighted by atomic mass is 19.1. The van der Waals surface area contributed by atoms with Crippen LogP contribution in [0.15, 0.2) is 89.8 Å². The molecule has 0 aromatic heterocycles. The molecule has 0 unspecified atom stereocenters. The van der Waals surface area contributed by atoms with Crippen molar-refractivity contribution in [2.24, 2.45) is 16.6 Å². The van der Waals surface area contributed by atoms with Crippen LogP contribution in [0, 0.1) is 28.4 Å². The molecule has 4 rings (SSSR count). The van der Waals surface area contributed by atoms with E-state index in [1.807, 2.05) is 32.9 Å². The molecule has 3 aromatic carbocycles. The minimum absolute atomic E-state index is 0.0732. The van der Waals surface area contributed by atoms with E-state index in [4.69, 9.17) is 22.4 Å². The maximum absolute atomic E-state index is 14.2. The van der Waals surface area contributed by atoms with Gasteiger partial charge in [-0.15, -0.1) is 5.11 Å². The fraction of sp³-hybridized carbons (Fsp3) is 0.324. The van der Waals surface area contributed by atoms with Gasteiger partial charge < -0.3 is 11.5 Å². The smallest absolute Gasteiger partial charge is 0.173 e. The highest BCUT2D eigenvalue weighted by Gasteiger charge is 2.15. The molecule has 0 amide bonds. The van der Waals surface area contributed by atoms with Crippen LogP contribution in [0.5, 0.6) is 0 Å². The van der Waals surface area contributed by atoms with Gasteiger partial charge in [-0.25, -0.2) is 18.7 Å². The van der Waals surface area contributed by atoms with E-state index < -0.39 is 0 Å². The summed E-state index contributed by atoms with van der Waals surface area (Å²) in [5.74, 6) is -1.29. The van der Waals surface area contributed by atoms with Crippen LogP contribution in [0.1, 0.15) is 87.1 Å². The third kappa shape index (κ3) is 11.2. The molecule has 1 aliphatic rings. The Labute approximate surface area is 266 Å². The SMILES string of the molecule is C1CCCCC1.C=C(/C(=C\C)c1cccc(F)c1)c1c(F)cccc1CC.CCc1ccc(CC(C(=N)N=N)=C(N)N)cc1F. The van der Waals surface area contributed by atoms with E-state index >= 15 is 0 Å². The molecule has 0 heterocycles. The summed E-state index contributed by atoms with van der Waals surface area (Å²) in [7, 11) is 0. The average Bonchev–Trinajstić information content (AvgIpc) is 3.04. The lowest BCUT2D eigenvalue weighted by atomic mass is 9.89. The largest absolute Gasteiger partial charge is 0.385 e. The predicted octanol–water partition coefficient (Wildman–Crippen LogP) is 10.1. The zero-order valence-corrected chi connectivity index (χ0v) is 26.7. The second-order valence-corrected chi connectivity index (χ2v) is 10.8. The highest BCUT2D eigenvalue weighted by molar-refractivity contribution is 6.04. The fourth-order valence-electron chi connectivity index (χ4n) is 5.15. The van der Waals surface area contributed by atoms with Crippen molar-refractivity contribution in [3.63, 3.8) is 0 Å². The molecule has 1 fully saturated rings. The Kier molecular flexibility index (Phi) is 15.5. The molecule has 8 heteroatoms. The van der Waals surface area contributed by atoms with Crippen LogP contribution >= 0.6 is 0 Å². The molecular formula is C37H46F3N5. The third-order valence-electron chi connectivity index (χ3n) is 7.66. The minimum atomic E-state index is -0.316. The van der Waals surface area contributed by atoms with Crippen molar-refractivity contribution >= 4 is 17.0 Å². The molecule has 1 saturated carbocycles. The number of benzene rings is 3. The molecular weight excluding hydrogens is 571 g/mol. The van der Waals surface area contributed by atoms with Crippen LogP contribution in [0.25, 0.3) is 11.1 Å². The number of halogens is 3. The van der Waals surface area contributed by atoms with Gasteiger partial charge in [0.15, 0.2) is 5.84 Å².